The zero-order valence-electron chi connectivity index (χ0n) is 17.5. The van der Waals surface area contributed by atoms with Crippen LogP contribution in [-0.4, -0.2) is 61.5 Å². The van der Waals surface area contributed by atoms with Gasteiger partial charge in [-0.3, -0.25) is 14.4 Å². The number of nitrogens with zero attached hydrogens (tertiary/aromatic N) is 4. The molecule has 0 saturated carbocycles. The molecule has 3 atom stereocenters. The molecule has 0 spiro atoms. The lowest BCUT2D eigenvalue weighted by atomic mass is 9.81. The molecule has 0 radical (unpaired) electrons. The summed E-state index contributed by atoms with van der Waals surface area (Å²) in [4.78, 5) is 53.6. The van der Waals surface area contributed by atoms with Crippen molar-refractivity contribution in [3.8, 4) is 0 Å². The van der Waals surface area contributed by atoms with Crippen molar-refractivity contribution in [1.82, 2.24) is 20.2 Å². The number of aryl methyl sites for hydroxylation is 1. The second kappa shape index (κ2) is 9.11. The van der Waals surface area contributed by atoms with Crippen molar-refractivity contribution in [2.45, 2.75) is 31.3 Å². The topological polar surface area (TPSA) is 160 Å². The molecule has 4 rings (SSSR count). The molecule has 174 valence electrons. The van der Waals surface area contributed by atoms with E-state index in [0.29, 0.717) is 10.8 Å². The van der Waals surface area contributed by atoms with Crippen LogP contribution in [0.15, 0.2) is 22.1 Å². The number of thioether (sulfide) groups is 1. The summed E-state index contributed by atoms with van der Waals surface area (Å²) >= 11 is 3.67. The lowest BCUT2D eigenvalue weighted by Gasteiger charge is -2.54. The summed E-state index contributed by atoms with van der Waals surface area (Å²) in [5.74, 6) is -2.05. The first-order chi connectivity index (χ1) is 15.8. The number of nitrogens with two attached hydrogens (primary N) is 1. The molecule has 2 aromatic rings. The Kier molecular flexibility index (Phi) is 6.41. The van der Waals surface area contributed by atoms with Crippen LogP contribution in [0.4, 0.5) is 5.13 Å². The number of carboxylic acid groups (broad SMARTS) is 1. The minimum Gasteiger partial charge on any atom is -0.480 e. The largest absolute Gasteiger partial charge is 0.480 e. The van der Waals surface area contributed by atoms with Crippen LogP contribution in [0.3, 0.4) is 0 Å². The van der Waals surface area contributed by atoms with Gasteiger partial charge in [0.1, 0.15) is 18.3 Å². The first-order valence-electron chi connectivity index (χ1n) is 9.67. The van der Waals surface area contributed by atoms with Gasteiger partial charge in [-0.05, 0) is 13.0 Å². The van der Waals surface area contributed by atoms with Crippen molar-refractivity contribution >= 4 is 68.5 Å². The molecule has 2 fully saturated rings. The van der Waals surface area contributed by atoms with E-state index in [4.69, 9.17) is 10.6 Å². The van der Waals surface area contributed by atoms with E-state index in [0.717, 1.165) is 22.3 Å². The highest BCUT2D eigenvalue weighted by Gasteiger charge is 2.62. The molecule has 2 aliphatic heterocycles. The average Bonchev–Trinajstić information content (AvgIpc) is 3.34. The Morgan fingerprint density at radius 1 is 1.48 bits per heavy atom. The van der Waals surface area contributed by atoms with E-state index in [-0.39, 0.29) is 29.2 Å². The second-order valence-corrected chi connectivity index (χ2v) is 10.2. The molecular weight excluding hydrogens is 488 g/mol. The molecule has 2 saturated heterocycles. The van der Waals surface area contributed by atoms with Crippen LogP contribution < -0.4 is 11.1 Å². The molecule has 2 aromatic heterocycles. The normalized spacial score (nSPS) is 25.7. The molecule has 2 unspecified atom stereocenters. The van der Waals surface area contributed by atoms with Gasteiger partial charge in [-0.15, -0.1) is 22.7 Å². The van der Waals surface area contributed by atoms with Gasteiger partial charge in [-0.1, -0.05) is 23.0 Å². The number of nitrogens with one attached hydrogen (secondary N) is 1. The standard InChI is InChI=1S/C19H20N6O5S3/c1-9-11(32-8-21-9)3-4-19(17(28)29)15(23-12(26)5-10-7-31-18(20)22-10)25-13(27)6-14(25)33-16(19)24-30-2/h3-4,7-8,14-15H,5-6H2,1-2H3,(H2,20,22)(H,23,26)(H,28,29)/t14-,15?,19?/m1/s1. The molecule has 0 aromatic carbocycles. The smallest absolute Gasteiger partial charge is 0.324 e. The van der Waals surface area contributed by atoms with E-state index in [1.54, 1.807) is 23.9 Å². The van der Waals surface area contributed by atoms with Gasteiger partial charge < -0.3 is 25.9 Å². The van der Waals surface area contributed by atoms with Gasteiger partial charge in [-0.25, -0.2) is 9.97 Å². The van der Waals surface area contributed by atoms with Gasteiger partial charge in [0.15, 0.2) is 10.5 Å². The number of hydrogen-bond donors (Lipinski definition) is 3. The van der Waals surface area contributed by atoms with E-state index in [9.17, 15) is 19.5 Å². The number of aliphatic carboxylic acids is 1. The van der Waals surface area contributed by atoms with Crippen molar-refractivity contribution in [3.05, 3.63) is 33.2 Å². The fraction of sp³-hybridized carbons (Fsp3) is 0.368. The number of amides is 2. The summed E-state index contributed by atoms with van der Waals surface area (Å²) in [6.45, 7) is 1.80. The van der Waals surface area contributed by atoms with Crippen LogP contribution in [0.5, 0.6) is 0 Å². The maximum absolute atomic E-state index is 12.9. The van der Waals surface area contributed by atoms with E-state index >= 15 is 0 Å². The first kappa shape index (κ1) is 23.2. The number of oxime groups is 1. The zero-order valence-corrected chi connectivity index (χ0v) is 20.0. The minimum absolute atomic E-state index is 0.117. The summed E-state index contributed by atoms with van der Waals surface area (Å²) in [5.41, 5.74) is 6.59. The van der Waals surface area contributed by atoms with Crippen LogP contribution >= 0.6 is 34.4 Å². The fourth-order valence-electron chi connectivity index (χ4n) is 3.63. The van der Waals surface area contributed by atoms with E-state index in [1.165, 1.54) is 40.8 Å². The molecule has 4 N–H and O–H groups in total. The number of rotatable bonds is 7. The van der Waals surface area contributed by atoms with Crippen LogP contribution in [0.25, 0.3) is 6.08 Å². The highest BCUT2D eigenvalue weighted by molar-refractivity contribution is 8.14. The average molecular weight is 509 g/mol. The summed E-state index contributed by atoms with van der Waals surface area (Å²) in [5, 5.41) is 18.9. The van der Waals surface area contributed by atoms with Gasteiger partial charge in [0.2, 0.25) is 11.8 Å². The Labute approximate surface area is 200 Å². The second-order valence-electron chi connectivity index (χ2n) is 7.29. The Bertz CT molecular complexity index is 1160. The van der Waals surface area contributed by atoms with Gasteiger partial charge in [-0.2, -0.15) is 0 Å². The van der Waals surface area contributed by atoms with Crippen LogP contribution in [0, 0.1) is 12.3 Å². The molecule has 4 heterocycles. The number of carbonyl (C=O) groups excluding carboxylic acids is 2. The Balaban J connectivity index is 1.76. The third-order valence-corrected chi connectivity index (χ3v) is 8.20. The number of β-lactam (4-membered cyclic amide) rings is 1. The molecule has 0 aliphatic carbocycles. The van der Waals surface area contributed by atoms with Crippen LogP contribution in [-0.2, 0) is 25.6 Å². The maximum atomic E-state index is 12.9. The first-order valence-corrected chi connectivity index (χ1v) is 12.3. The van der Waals surface area contributed by atoms with Crippen molar-refractivity contribution in [1.29, 1.82) is 0 Å². The molecule has 2 aliphatic rings. The lowest BCUT2D eigenvalue weighted by molar-refractivity contribution is -0.157. The quantitative estimate of drug-likeness (QED) is 0.372. The fourth-order valence-corrected chi connectivity index (χ4v) is 6.30. The van der Waals surface area contributed by atoms with Gasteiger partial charge in [0.05, 0.1) is 35.1 Å². The van der Waals surface area contributed by atoms with Crippen molar-refractivity contribution in [3.63, 3.8) is 0 Å². The Morgan fingerprint density at radius 3 is 2.85 bits per heavy atom. The molecule has 0 bridgehead atoms. The van der Waals surface area contributed by atoms with E-state index < -0.39 is 23.5 Å². The SMILES string of the molecule is CON=C1S[C@@H]2CC(=O)N2C(NC(=O)Cc2csc(N)n2)C1(C=Cc1scnc1C)C(=O)O. The van der Waals surface area contributed by atoms with E-state index in [1.807, 2.05) is 0 Å². The van der Waals surface area contributed by atoms with Crippen molar-refractivity contribution in [2.75, 3.05) is 12.8 Å². The maximum Gasteiger partial charge on any atom is 0.324 e. The molecule has 33 heavy (non-hydrogen) atoms. The lowest BCUT2D eigenvalue weighted by Crippen LogP contribution is -2.73. The predicted molar refractivity (Wildman–Crippen MR) is 125 cm³/mol. The number of carbonyl (C=O) groups is 3. The van der Waals surface area contributed by atoms with E-state index in [2.05, 4.69) is 20.4 Å². The van der Waals surface area contributed by atoms with Crippen molar-refractivity contribution in [2.24, 2.45) is 10.6 Å². The highest BCUT2D eigenvalue weighted by atomic mass is 32.2. The molecule has 14 heteroatoms. The number of aromatic nitrogens is 2. The number of hydrogen-bond acceptors (Lipinski definition) is 11. The highest BCUT2D eigenvalue weighted by Crippen LogP contribution is 2.48. The third kappa shape index (κ3) is 4.20. The number of nitrogen functional groups attached to an aromatic ring is 1. The minimum atomic E-state index is -1.87. The molecular formula is C19H20N6O5S3. The third-order valence-electron chi connectivity index (χ3n) is 5.28. The number of anilines is 1. The number of carboxylic acids is 1. The molecule has 11 nitrogen and oxygen atoms in total. The van der Waals surface area contributed by atoms with Gasteiger partial charge in [0, 0.05) is 10.3 Å². The monoisotopic (exact) mass is 508 g/mol. The number of thiazole rings is 2. The zero-order chi connectivity index (χ0) is 23.8. The van der Waals surface area contributed by atoms with Crippen LogP contribution in [0.1, 0.15) is 22.7 Å². The summed E-state index contributed by atoms with van der Waals surface area (Å²) < 4.78 is 0. The predicted octanol–water partition coefficient (Wildman–Crippen LogP) is 1.52. The van der Waals surface area contributed by atoms with Gasteiger partial charge >= 0.3 is 5.97 Å². The molecule has 2 amide bonds. The Morgan fingerprint density at radius 2 is 2.27 bits per heavy atom. The summed E-state index contributed by atoms with van der Waals surface area (Å²) in [6.07, 6.45) is 1.93. The van der Waals surface area contributed by atoms with Gasteiger partial charge in [0.25, 0.3) is 0 Å². The summed E-state index contributed by atoms with van der Waals surface area (Å²) in [6, 6.07) is 0. The van der Waals surface area contributed by atoms with Crippen LogP contribution in [0.2, 0.25) is 0 Å². The summed E-state index contributed by atoms with van der Waals surface area (Å²) in [7, 11) is 1.32. The number of fused-ring (bicyclic) bond motifs is 1. The Hall–Kier alpha value is -2.97. The van der Waals surface area contributed by atoms with Crippen molar-refractivity contribution < 1.29 is 24.3 Å².